The molecule has 0 saturated carbocycles. The lowest BCUT2D eigenvalue weighted by Gasteiger charge is -2.39. The first-order chi connectivity index (χ1) is 23.8. The fourth-order valence-corrected chi connectivity index (χ4v) is 6.25. The minimum atomic E-state index is -1.59. The second-order valence-corrected chi connectivity index (χ2v) is 14.1. The van der Waals surface area contributed by atoms with E-state index in [1.165, 1.54) is 109 Å². The molecule has 1 aliphatic heterocycles. The number of ether oxygens (including phenoxy) is 4. The van der Waals surface area contributed by atoms with Gasteiger partial charge in [-0.3, -0.25) is 9.59 Å². The molecule has 0 bridgehead atoms. The van der Waals surface area contributed by atoms with Gasteiger partial charge in [-0.05, 0) is 12.8 Å². The number of aliphatic hydroxyl groups is 4. The highest BCUT2D eigenvalue weighted by Gasteiger charge is 2.44. The summed E-state index contributed by atoms with van der Waals surface area (Å²) in [6, 6.07) is 0. The third kappa shape index (κ3) is 23.7. The summed E-state index contributed by atoms with van der Waals surface area (Å²) in [6.07, 6.45) is 21.1. The van der Waals surface area contributed by atoms with Gasteiger partial charge < -0.3 is 39.4 Å². The standard InChI is InChI=1S/C39H74O10/c1-3-5-7-9-11-13-15-16-18-20-22-24-26-28-35(42)48-32(31-47-39-38(45)37(44)36(43)33(29-40)49-39)30-46-34(41)27-25-23-21-19-17-14-12-10-8-6-4-2/h32-33,36-40,43-45H,3-31H2,1-2H3. The van der Waals surface area contributed by atoms with Gasteiger partial charge in [-0.15, -0.1) is 0 Å². The van der Waals surface area contributed by atoms with Gasteiger partial charge in [0, 0.05) is 12.8 Å². The SMILES string of the molecule is CCCCCCCCCCCCCCCC(=O)OC(COC(=O)CCCCCCCCCCCCC)COC1OC(CO)C(O)C(O)C1O. The van der Waals surface area contributed by atoms with Crippen LogP contribution >= 0.6 is 0 Å². The van der Waals surface area contributed by atoms with Gasteiger partial charge >= 0.3 is 11.9 Å². The van der Waals surface area contributed by atoms with Gasteiger partial charge in [0.2, 0.25) is 0 Å². The van der Waals surface area contributed by atoms with Gasteiger partial charge in [0.1, 0.15) is 31.0 Å². The zero-order valence-electron chi connectivity index (χ0n) is 31.2. The van der Waals surface area contributed by atoms with Crippen molar-refractivity contribution in [3.8, 4) is 0 Å². The molecular weight excluding hydrogens is 628 g/mol. The van der Waals surface area contributed by atoms with E-state index in [0.717, 1.165) is 38.5 Å². The fraction of sp³-hybridized carbons (Fsp3) is 0.949. The van der Waals surface area contributed by atoms with Crippen molar-refractivity contribution in [1.29, 1.82) is 0 Å². The quantitative estimate of drug-likeness (QED) is 0.0401. The van der Waals surface area contributed by atoms with Crippen LogP contribution in [0.4, 0.5) is 0 Å². The summed E-state index contributed by atoms with van der Waals surface area (Å²) < 4.78 is 22.1. The Morgan fingerprint density at radius 2 is 0.959 bits per heavy atom. The predicted octanol–water partition coefficient (Wildman–Crippen LogP) is 7.44. The van der Waals surface area contributed by atoms with Crippen molar-refractivity contribution in [3.05, 3.63) is 0 Å². The summed E-state index contributed by atoms with van der Waals surface area (Å²) in [4.78, 5) is 25.2. The number of carbonyl (C=O) groups is 2. The van der Waals surface area contributed by atoms with Crippen LogP contribution in [0.25, 0.3) is 0 Å². The highest BCUT2D eigenvalue weighted by atomic mass is 16.7. The van der Waals surface area contributed by atoms with Crippen molar-refractivity contribution >= 4 is 11.9 Å². The monoisotopic (exact) mass is 703 g/mol. The second kappa shape index (κ2) is 31.4. The summed E-state index contributed by atoms with van der Waals surface area (Å²) in [5.74, 6) is -0.798. The summed E-state index contributed by atoms with van der Waals surface area (Å²) in [7, 11) is 0. The molecule has 10 nitrogen and oxygen atoms in total. The zero-order valence-corrected chi connectivity index (χ0v) is 31.2. The fourth-order valence-electron chi connectivity index (χ4n) is 6.25. The molecule has 0 spiro atoms. The van der Waals surface area contributed by atoms with Crippen LogP contribution in [0, 0.1) is 0 Å². The van der Waals surface area contributed by atoms with Crippen LogP contribution in [-0.4, -0.2) is 89.0 Å². The molecule has 0 aromatic carbocycles. The lowest BCUT2D eigenvalue weighted by Crippen LogP contribution is -2.59. The maximum Gasteiger partial charge on any atom is 0.306 e. The number of rotatable bonds is 33. The Balaban J connectivity index is 2.38. The van der Waals surface area contributed by atoms with Crippen LogP contribution in [0.15, 0.2) is 0 Å². The number of unbranched alkanes of at least 4 members (excludes halogenated alkanes) is 22. The normalized spacial score (nSPS) is 21.5. The maximum atomic E-state index is 12.7. The third-order valence-electron chi connectivity index (χ3n) is 9.49. The van der Waals surface area contributed by atoms with Gasteiger partial charge in [-0.25, -0.2) is 0 Å². The molecule has 49 heavy (non-hydrogen) atoms. The number of carbonyl (C=O) groups excluding carboxylic acids is 2. The van der Waals surface area contributed by atoms with Crippen LogP contribution in [0.2, 0.25) is 0 Å². The van der Waals surface area contributed by atoms with Crippen molar-refractivity contribution in [1.82, 2.24) is 0 Å². The highest BCUT2D eigenvalue weighted by Crippen LogP contribution is 2.22. The summed E-state index contributed by atoms with van der Waals surface area (Å²) in [5.41, 5.74) is 0. The van der Waals surface area contributed by atoms with E-state index in [9.17, 15) is 30.0 Å². The Hall–Kier alpha value is -1.30. The van der Waals surface area contributed by atoms with Crippen LogP contribution < -0.4 is 0 Å². The molecule has 0 aromatic rings. The molecule has 1 fully saturated rings. The average molecular weight is 703 g/mol. The first kappa shape index (κ1) is 45.7. The Morgan fingerprint density at radius 1 is 0.551 bits per heavy atom. The topological polar surface area (TPSA) is 152 Å². The van der Waals surface area contributed by atoms with Crippen molar-refractivity contribution in [2.24, 2.45) is 0 Å². The first-order valence-corrected chi connectivity index (χ1v) is 20.1. The summed E-state index contributed by atoms with van der Waals surface area (Å²) in [6.45, 7) is 3.41. The van der Waals surface area contributed by atoms with Crippen molar-refractivity contribution in [2.45, 2.75) is 218 Å². The van der Waals surface area contributed by atoms with Crippen LogP contribution in [0.3, 0.4) is 0 Å². The van der Waals surface area contributed by atoms with Crippen molar-refractivity contribution < 1.29 is 49.0 Å². The molecule has 0 amide bonds. The van der Waals surface area contributed by atoms with Crippen LogP contribution in [-0.2, 0) is 28.5 Å². The van der Waals surface area contributed by atoms with E-state index < -0.39 is 49.4 Å². The molecule has 4 N–H and O–H groups in total. The second-order valence-electron chi connectivity index (χ2n) is 14.1. The van der Waals surface area contributed by atoms with Crippen molar-refractivity contribution in [2.75, 3.05) is 19.8 Å². The molecule has 290 valence electrons. The lowest BCUT2D eigenvalue weighted by molar-refractivity contribution is -0.305. The van der Waals surface area contributed by atoms with E-state index in [1.54, 1.807) is 0 Å². The number of aliphatic hydroxyl groups excluding tert-OH is 4. The lowest BCUT2D eigenvalue weighted by atomic mass is 9.99. The van der Waals surface area contributed by atoms with E-state index in [2.05, 4.69) is 13.8 Å². The molecule has 0 aromatic heterocycles. The zero-order chi connectivity index (χ0) is 36.0. The van der Waals surface area contributed by atoms with E-state index in [1.807, 2.05) is 0 Å². The van der Waals surface area contributed by atoms with Crippen LogP contribution in [0.1, 0.15) is 181 Å². The van der Waals surface area contributed by atoms with Crippen LogP contribution in [0.5, 0.6) is 0 Å². The largest absolute Gasteiger partial charge is 0.462 e. The third-order valence-corrected chi connectivity index (χ3v) is 9.49. The summed E-state index contributed by atoms with van der Waals surface area (Å²) >= 11 is 0. The predicted molar refractivity (Wildman–Crippen MR) is 192 cm³/mol. The molecule has 10 heteroatoms. The Kier molecular flexibility index (Phi) is 29.3. The minimum absolute atomic E-state index is 0.210. The van der Waals surface area contributed by atoms with Gasteiger partial charge in [0.15, 0.2) is 12.4 Å². The number of hydrogen-bond acceptors (Lipinski definition) is 10. The highest BCUT2D eigenvalue weighted by molar-refractivity contribution is 5.70. The number of esters is 2. The average Bonchev–Trinajstić information content (AvgIpc) is 3.10. The number of hydrogen-bond donors (Lipinski definition) is 4. The maximum absolute atomic E-state index is 12.7. The molecule has 0 aliphatic carbocycles. The Labute approximate surface area is 298 Å². The smallest absolute Gasteiger partial charge is 0.306 e. The van der Waals surface area contributed by atoms with Gasteiger partial charge in [0.05, 0.1) is 13.2 Å². The molecule has 6 atom stereocenters. The first-order valence-electron chi connectivity index (χ1n) is 20.1. The molecule has 1 rings (SSSR count). The van der Waals surface area contributed by atoms with E-state index in [-0.39, 0.29) is 32.0 Å². The van der Waals surface area contributed by atoms with E-state index in [0.29, 0.717) is 6.42 Å². The molecule has 0 radical (unpaired) electrons. The molecule has 6 unspecified atom stereocenters. The van der Waals surface area contributed by atoms with E-state index >= 15 is 0 Å². The molecule has 1 saturated heterocycles. The van der Waals surface area contributed by atoms with Crippen molar-refractivity contribution in [3.63, 3.8) is 0 Å². The van der Waals surface area contributed by atoms with Gasteiger partial charge in [0.25, 0.3) is 0 Å². The Bertz CT molecular complexity index is 779. The molecule has 1 aliphatic rings. The minimum Gasteiger partial charge on any atom is -0.462 e. The Morgan fingerprint density at radius 3 is 1.39 bits per heavy atom. The molecular formula is C39H74O10. The van der Waals surface area contributed by atoms with Gasteiger partial charge in [-0.2, -0.15) is 0 Å². The van der Waals surface area contributed by atoms with Gasteiger partial charge in [-0.1, -0.05) is 155 Å². The van der Waals surface area contributed by atoms with E-state index in [4.69, 9.17) is 18.9 Å². The summed E-state index contributed by atoms with van der Waals surface area (Å²) in [5, 5.41) is 39.9. The molecule has 1 heterocycles.